The van der Waals surface area contributed by atoms with Crippen LogP contribution in [0.5, 0.6) is 0 Å². The van der Waals surface area contributed by atoms with Crippen LogP contribution in [0.2, 0.25) is 10.3 Å². The molecule has 10 heterocycles. The summed E-state index contributed by atoms with van der Waals surface area (Å²) in [4.78, 5) is 151. The average Bonchev–Trinajstić information content (AvgIpc) is 1.64. The average molecular weight is 1310 g/mol. The first-order valence-electron chi connectivity index (χ1n) is 26.2. The molecule has 0 spiro atoms. The Morgan fingerprint density at radius 3 is 1.28 bits per heavy atom. The minimum absolute atomic E-state index is 0. The molecule has 3 aliphatic heterocycles. The predicted octanol–water partition coefficient (Wildman–Crippen LogP) is 1.10. The summed E-state index contributed by atoms with van der Waals surface area (Å²) in [5, 5.41) is 0.156. The maximum absolute atomic E-state index is 12.0. The smallest absolute Gasteiger partial charge is 0.303 e. The van der Waals surface area contributed by atoms with E-state index in [4.69, 9.17) is 91.5 Å². The fourth-order valence-electron chi connectivity index (χ4n) is 9.57. The molecule has 90 heavy (non-hydrogen) atoms. The van der Waals surface area contributed by atoms with E-state index in [-0.39, 0.29) is 71.8 Å². The molecule has 39 heteroatoms. The Morgan fingerprint density at radius 1 is 0.489 bits per heavy atom. The molecule has 37 nitrogen and oxygen atoms in total. The SMILES string of the molecule is C.CC(=O)OCC1OC(n2cnc3c(=O)[nH]c(N)nc32)C(OC(C)=O)C1OC(C)=O.CC(=O)OCC1OC(n2cnc3c(Cl)nc(N)nc32)C(OC(C)=O)C1OC(C)=O.CC(=O)OCC1OC(n2cnc3c(Cl)nc4nccn4c32)C(OC(C)=O)C1OC(C)=O. The van der Waals surface area contributed by atoms with Crippen molar-refractivity contribution in [2.24, 2.45) is 0 Å². The van der Waals surface area contributed by atoms with Crippen molar-refractivity contribution in [1.29, 1.82) is 0 Å². The molecule has 0 aliphatic carbocycles. The maximum Gasteiger partial charge on any atom is 0.303 e. The number of hydrogen-bond acceptors (Lipinski definition) is 32. The van der Waals surface area contributed by atoms with Gasteiger partial charge in [-0.3, -0.25) is 71.0 Å². The number of aromatic nitrogens is 13. The third kappa shape index (κ3) is 15.4. The Labute approximate surface area is 516 Å². The lowest BCUT2D eigenvalue weighted by atomic mass is 10.1. The van der Waals surface area contributed by atoms with Gasteiger partial charge in [0.25, 0.3) is 5.56 Å². The number of ether oxygens (including phenoxy) is 12. The van der Waals surface area contributed by atoms with Gasteiger partial charge in [-0.15, -0.1) is 0 Å². The number of nitrogen functional groups attached to an aromatic ring is 2. The zero-order valence-corrected chi connectivity index (χ0v) is 49.7. The molecule has 0 bridgehead atoms. The van der Waals surface area contributed by atoms with Gasteiger partial charge >= 0.3 is 53.7 Å². The molecule has 3 aliphatic rings. The first kappa shape index (κ1) is 67.8. The fourth-order valence-corrected chi connectivity index (χ4v) is 10.0. The van der Waals surface area contributed by atoms with Crippen LogP contribution < -0.4 is 17.0 Å². The van der Waals surface area contributed by atoms with Crippen LogP contribution in [0.4, 0.5) is 11.9 Å². The number of fused-ring (bicyclic) bond motifs is 5. The normalized spacial score (nSPS) is 23.3. The Kier molecular flexibility index (Phi) is 21.6. The Balaban J connectivity index is 0.000000191. The Morgan fingerprint density at radius 2 is 0.856 bits per heavy atom. The second kappa shape index (κ2) is 28.6. The molecule has 0 aromatic carbocycles. The van der Waals surface area contributed by atoms with E-state index >= 15 is 0 Å². The van der Waals surface area contributed by atoms with Crippen molar-refractivity contribution in [2.75, 3.05) is 31.3 Å². The summed E-state index contributed by atoms with van der Waals surface area (Å²) in [7, 11) is 0. The number of aromatic amines is 1. The van der Waals surface area contributed by atoms with Crippen LogP contribution >= 0.6 is 23.2 Å². The van der Waals surface area contributed by atoms with Gasteiger partial charge in [-0.05, 0) is 0 Å². The van der Waals surface area contributed by atoms with Gasteiger partial charge in [0.05, 0.1) is 19.0 Å². The van der Waals surface area contributed by atoms with Gasteiger partial charge in [0.1, 0.15) is 49.2 Å². The highest BCUT2D eigenvalue weighted by molar-refractivity contribution is 6.34. The number of nitrogens with one attached hydrogen (secondary N) is 1. The summed E-state index contributed by atoms with van der Waals surface area (Å²) in [6, 6.07) is 0. The lowest BCUT2D eigenvalue weighted by molar-refractivity contribution is -0.166. The van der Waals surface area contributed by atoms with E-state index in [9.17, 15) is 47.9 Å². The number of imidazole rings is 4. The van der Waals surface area contributed by atoms with E-state index in [0.29, 0.717) is 16.9 Å². The first-order chi connectivity index (χ1) is 42.1. The van der Waals surface area contributed by atoms with Crippen molar-refractivity contribution in [3.8, 4) is 0 Å². The van der Waals surface area contributed by atoms with Gasteiger partial charge in [0.2, 0.25) is 17.7 Å². The molecular weight excluding hydrogens is 1250 g/mol. The molecule has 3 fully saturated rings. The van der Waals surface area contributed by atoms with Gasteiger partial charge in [0, 0.05) is 74.7 Å². The van der Waals surface area contributed by atoms with Crippen LogP contribution in [0.3, 0.4) is 0 Å². The van der Waals surface area contributed by atoms with Crippen LogP contribution in [0.25, 0.3) is 39.3 Å². The van der Waals surface area contributed by atoms with Gasteiger partial charge in [0.15, 0.2) is 88.1 Å². The van der Waals surface area contributed by atoms with Crippen LogP contribution in [0.15, 0.2) is 36.2 Å². The first-order valence-corrected chi connectivity index (χ1v) is 27.0. The highest BCUT2D eigenvalue weighted by Crippen LogP contribution is 2.40. The summed E-state index contributed by atoms with van der Waals surface area (Å²) in [5.41, 5.74) is 12.1. The highest BCUT2D eigenvalue weighted by atomic mass is 35.5. The molecule has 3 saturated heterocycles. The van der Waals surface area contributed by atoms with Gasteiger partial charge < -0.3 is 68.3 Å². The number of anilines is 2. The quantitative estimate of drug-likeness (QED) is 0.0735. The zero-order chi connectivity index (χ0) is 64.9. The molecule has 7 aromatic rings. The topological polar surface area (TPSA) is 472 Å². The number of nitrogens with zero attached hydrogens (tertiary/aromatic N) is 12. The molecule has 7 aromatic heterocycles. The van der Waals surface area contributed by atoms with E-state index in [1.165, 1.54) is 90.4 Å². The Bertz CT molecular complexity index is 3940. The minimum Gasteiger partial charge on any atom is -0.463 e. The van der Waals surface area contributed by atoms with Crippen molar-refractivity contribution in [3.63, 3.8) is 0 Å². The zero-order valence-electron chi connectivity index (χ0n) is 48.2. The number of hydrogen-bond donors (Lipinski definition) is 3. The summed E-state index contributed by atoms with van der Waals surface area (Å²) >= 11 is 12.3. The number of carbonyl (C=O) groups excluding carboxylic acids is 9. The lowest BCUT2D eigenvalue weighted by Crippen LogP contribution is -2.40. The molecular formula is C51H59Cl2N15O22. The second-order valence-corrected chi connectivity index (χ2v) is 20.1. The fraction of sp³-hybridized carbons (Fsp3) is 0.490. The number of esters is 9. The van der Waals surface area contributed by atoms with Gasteiger partial charge in [-0.25, -0.2) is 19.9 Å². The third-order valence-electron chi connectivity index (χ3n) is 12.7. The number of nitrogens with two attached hydrogens (primary N) is 2. The van der Waals surface area contributed by atoms with Crippen molar-refractivity contribution >= 4 is 128 Å². The van der Waals surface area contributed by atoms with E-state index in [0.717, 1.165) is 0 Å². The van der Waals surface area contributed by atoms with Gasteiger partial charge in [-0.2, -0.15) is 19.9 Å². The van der Waals surface area contributed by atoms with Crippen LogP contribution in [0, 0.1) is 0 Å². The molecule has 0 saturated carbocycles. The van der Waals surface area contributed by atoms with E-state index < -0.39 is 133 Å². The predicted molar refractivity (Wildman–Crippen MR) is 300 cm³/mol. The van der Waals surface area contributed by atoms with E-state index in [1.807, 2.05) is 0 Å². The summed E-state index contributed by atoms with van der Waals surface area (Å²) in [6.45, 7) is 10.2. The van der Waals surface area contributed by atoms with Crippen LogP contribution in [-0.4, -0.2) is 191 Å². The number of carbonyl (C=O) groups is 9. The van der Waals surface area contributed by atoms with Crippen molar-refractivity contribution in [1.82, 2.24) is 63.0 Å². The molecule has 0 amide bonds. The highest BCUT2D eigenvalue weighted by Gasteiger charge is 2.54. The summed E-state index contributed by atoms with van der Waals surface area (Å²) < 4.78 is 71.0. The second-order valence-electron chi connectivity index (χ2n) is 19.3. The number of halogens is 2. The molecule has 12 atom stereocenters. The molecule has 0 radical (unpaired) electrons. The van der Waals surface area contributed by atoms with Crippen molar-refractivity contribution in [3.05, 3.63) is 52.0 Å². The third-order valence-corrected chi connectivity index (χ3v) is 13.2. The van der Waals surface area contributed by atoms with E-state index in [2.05, 4.69) is 44.9 Å². The number of rotatable bonds is 15. The van der Waals surface area contributed by atoms with Crippen LogP contribution in [0.1, 0.15) is 88.4 Å². The molecule has 10 rings (SSSR count). The molecule has 5 N–H and O–H groups in total. The molecule has 484 valence electrons. The monoisotopic (exact) mass is 1300 g/mol. The molecule has 12 unspecified atom stereocenters. The Hall–Kier alpha value is -9.72. The summed E-state index contributed by atoms with van der Waals surface area (Å²) in [6.07, 6.45) is -4.99. The maximum atomic E-state index is 12.0. The lowest BCUT2D eigenvalue weighted by Gasteiger charge is -2.24. The number of H-pyrrole nitrogens is 1. The van der Waals surface area contributed by atoms with Crippen molar-refractivity contribution < 1.29 is 100.0 Å². The van der Waals surface area contributed by atoms with Crippen molar-refractivity contribution in [2.45, 2.75) is 143 Å². The minimum atomic E-state index is -1.13. The van der Waals surface area contributed by atoms with E-state index in [1.54, 1.807) is 21.4 Å². The van der Waals surface area contributed by atoms with Crippen LogP contribution in [-0.2, 0) is 100.0 Å². The summed E-state index contributed by atoms with van der Waals surface area (Å²) in [5.74, 6) is -5.39. The largest absolute Gasteiger partial charge is 0.463 e. The standard InChI is InChI=1S/C18H18ClN5O7.C16H18ClN5O7.C16H19N5O8.CH4/c1-8(25)28-6-11-13(29-9(2)26)14(30-10(3)27)17(31-11)24-7-21-12-15(19)22-18-20-4-5-23(18)16(12)24;1-6(23)26-4-9-11(27-7(2)24)12(28-8(3)25)15(29-9)22-5-19-10-13(17)20-16(18)21-14(10)22;1-6(22)26-4-9-11(27-7(2)23)12(28-8(3)24)15(29-9)21-5-18-10-13(21)19-16(17)20-14(10)25;/h4-5,7,11,13-14,17H,6H2,1-3H3;5,9,11-12,15H,4H2,1-3H3,(H2,18,20,21);5,9,11-12,15H,4H2,1-3H3,(H3,17,19,20,25);1H4. The van der Waals surface area contributed by atoms with Gasteiger partial charge in [-0.1, -0.05) is 30.6 Å².